The molecule has 0 radical (unpaired) electrons. The van der Waals surface area contributed by atoms with Crippen LogP contribution in [-0.4, -0.2) is 29.3 Å². The van der Waals surface area contributed by atoms with Crippen LogP contribution in [0.25, 0.3) is 0 Å². The maximum Gasteiger partial charge on any atom is 0.142 e. The molecule has 1 atom stereocenters. The summed E-state index contributed by atoms with van der Waals surface area (Å²) in [6.07, 6.45) is 2.23. The number of hydrogen-bond donors (Lipinski definition) is 0. The Labute approximate surface area is 100 Å². The van der Waals surface area contributed by atoms with E-state index in [-0.39, 0.29) is 16.9 Å². The Bertz CT molecular complexity index is 257. The van der Waals surface area contributed by atoms with Crippen molar-refractivity contribution in [1.82, 2.24) is 4.90 Å². The third kappa shape index (κ3) is 3.31. The lowest BCUT2D eigenvalue weighted by Gasteiger charge is -2.42. The highest BCUT2D eigenvalue weighted by molar-refractivity contribution is 5.86. The van der Waals surface area contributed by atoms with Crippen LogP contribution in [0.4, 0.5) is 0 Å². The first kappa shape index (κ1) is 13.7. The fraction of sp³-hybridized carbons (Fsp3) is 0.929. The third-order valence-electron chi connectivity index (χ3n) is 3.48. The minimum Gasteiger partial charge on any atom is -0.299 e. The van der Waals surface area contributed by atoms with Crippen LogP contribution in [0.2, 0.25) is 0 Å². The van der Waals surface area contributed by atoms with Crippen molar-refractivity contribution < 1.29 is 4.79 Å². The van der Waals surface area contributed by atoms with Crippen molar-refractivity contribution in [2.24, 2.45) is 11.3 Å². The van der Waals surface area contributed by atoms with Gasteiger partial charge >= 0.3 is 0 Å². The zero-order valence-corrected chi connectivity index (χ0v) is 11.8. The fourth-order valence-electron chi connectivity index (χ4n) is 2.41. The Morgan fingerprint density at radius 1 is 1.12 bits per heavy atom. The molecule has 0 aromatic rings. The summed E-state index contributed by atoms with van der Waals surface area (Å²) in [5.41, 5.74) is 0.00238. The Balaban J connectivity index is 2.68. The lowest BCUT2D eigenvalue weighted by molar-refractivity contribution is -0.132. The summed E-state index contributed by atoms with van der Waals surface area (Å²) in [5.74, 6) is 0.675. The van der Waals surface area contributed by atoms with E-state index in [0.717, 1.165) is 25.9 Å². The molecule has 94 valence electrons. The van der Waals surface area contributed by atoms with Crippen LogP contribution in [0.1, 0.15) is 54.4 Å². The van der Waals surface area contributed by atoms with Gasteiger partial charge in [0, 0.05) is 23.4 Å². The minimum absolute atomic E-state index is 0.189. The first-order chi connectivity index (χ1) is 7.12. The number of carbonyl (C=O) groups excluding carboxylic acids is 1. The van der Waals surface area contributed by atoms with Gasteiger partial charge in [0.15, 0.2) is 0 Å². The number of piperidine rings is 1. The van der Waals surface area contributed by atoms with Crippen molar-refractivity contribution in [3.63, 3.8) is 0 Å². The summed E-state index contributed by atoms with van der Waals surface area (Å²) < 4.78 is 0. The van der Waals surface area contributed by atoms with Gasteiger partial charge in [-0.15, -0.1) is 0 Å². The summed E-state index contributed by atoms with van der Waals surface area (Å²) in [5, 5.41) is 0. The van der Waals surface area contributed by atoms with E-state index in [4.69, 9.17) is 0 Å². The van der Waals surface area contributed by atoms with Gasteiger partial charge in [-0.1, -0.05) is 20.8 Å². The van der Waals surface area contributed by atoms with E-state index >= 15 is 0 Å². The average Bonchev–Trinajstić information content (AvgIpc) is 2.14. The van der Waals surface area contributed by atoms with Crippen LogP contribution in [0.5, 0.6) is 0 Å². The van der Waals surface area contributed by atoms with Crippen molar-refractivity contribution in [1.29, 1.82) is 0 Å². The second-order valence-corrected chi connectivity index (χ2v) is 7.07. The van der Waals surface area contributed by atoms with Crippen LogP contribution in [0, 0.1) is 11.3 Å². The quantitative estimate of drug-likeness (QED) is 0.683. The topological polar surface area (TPSA) is 20.3 Å². The summed E-state index contributed by atoms with van der Waals surface area (Å²) in [6.45, 7) is 14.9. The maximum absolute atomic E-state index is 12.3. The fourth-order valence-corrected chi connectivity index (χ4v) is 2.41. The second-order valence-electron chi connectivity index (χ2n) is 7.07. The number of rotatable bonds is 1. The molecule has 1 aliphatic heterocycles. The highest BCUT2D eigenvalue weighted by Crippen LogP contribution is 2.29. The van der Waals surface area contributed by atoms with E-state index in [0.29, 0.717) is 5.78 Å². The zero-order valence-electron chi connectivity index (χ0n) is 11.8. The van der Waals surface area contributed by atoms with E-state index in [9.17, 15) is 4.79 Å². The van der Waals surface area contributed by atoms with E-state index < -0.39 is 0 Å². The van der Waals surface area contributed by atoms with Gasteiger partial charge in [-0.3, -0.25) is 9.69 Å². The molecular formula is C14H27NO. The second kappa shape index (κ2) is 4.48. The third-order valence-corrected chi connectivity index (χ3v) is 3.48. The standard InChI is InChI=1S/C14H27NO/c1-13(2,3)12(16)11-8-7-9-15(10-11)14(4,5)6/h11H,7-10H2,1-6H3. The monoisotopic (exact) mass is 225 g/mol. The molecule has 0 aromatic heterocycles. The molecule has 2 nitrogen and oxygen atoms in total. The maximum atomic E-state index is 12.3. The highest BCUT2D eigenvalue weighted by Gasteiger charge is 2.35. The molecule has 1 aliphatic rings. The molecule has 1 fully saturated rings. The molecule has 1 unspecified atom stereocenters. The van der Waals surface area contributed by atoms with E-state index in [1.165, 1.54) is 0 Å². The van der Waals surface area contributed by atoms with Crippen LogP contribution in [0.3, 0.4) is 0 Å². The number of ketones is 1. The number of nitrogens with zero attached hydrogens (tertiary/aromatic N) is 1. The molecule has 0 saturated carbocycles. The van der Waals surface area contributed by atoms with E-state index in [1.807, 2.05) is 20.8 Å². The van der Waals surface area contributed by atoms with Crippen molar-refractivity contribution in [2.45, 2.75) is 59.9 Å². The van der Waals surface area contributed by atoms with Crippen LogP contribution in [-0.2, 0) is 4.79 Å². The molecule has 1 rings (SSSR count). The van der Waals surface area contributed by atoms with Crippen LogP contribution >= 0.6 is 0 Å². The van der Waals surface area contributed by atoms with Crippen molar-refractivity contribution in [2.75, 3.05) is 13.1 Å². The molecule has 1 heterocycles. The number of Topliss-reactive ketones (excluding diaryl/α,β-unsaturated/α-hetero) is 1. The molecule has 2 heteroatoms. The zero-order chi connectivity index (χ0) is 12.6. The smallest absolute Gasteiger partial charge is 0.142 e. The van der Waals surface area contributed by atoms with Crippen LogP contribution in [0.15, 0.2) is 0 Å². The van der Waals surface area contributed by atoms with Crippen molar-refractivity contribution in [3.8, 4) is 0 Å². The number of carbonyl (C=O) groups is 1. The lowest BCUT2D eigenvalue weighted by Crippen LogP contribution is -2.50. The summed E-state index contributed by atoms with van der Waals surface area (Å²) in [4.78, 5) is 14.7. The largest absolute Gasteiger partial charge is 0.299 e. The van der Waals surface area contributed by atoms with E-state index in [2.05, 4.69) is 25.7 Å². The Kier molecular flexibility index (Phi) is 3.83. The van der Waals surface area contributed by atoms with Crippen molar-refractivity contribution >= 4 is 5.78 Å². The molecule has 0 spiro atoms. The van der Waals surface area contributed by atoms with Gasteiger partial charge in [-0.05, 0) is 40.2 Å². The van der Waals surface area contributed by atoms with Gasteiger partial charge in [0.2, 0.25) is 0 Å². The average molecular weight is 225 g/mol. The Morgan fingerprint density at radius 2 is 1.69 bits per heavy atom. The first-order valence-corrected chi connectivity index (χ1v) is 6.42. The normalized spacial score (nSPS) is 24.5. The summed E-state index contributed by atoms with van der Waals surface area (Å²) in [6, 6.07) is 0. The van der Waals surface area contributed by atoms with Gasteiger partial charge in [0.05, 0.1) is 0 Å². The predicted molar refractivity (Wildman–Crippen MR) is 68.5 cm³/mol. The molecule has 1 saturated heterocycles. The molecule has 0 aliphatic carbocycles. The predicted octanol–water partition coefficient (Wildman–Crippen LogP) is 3.11. The highest BCUT2D eigenvalue weighted by atomic mass is 16.1. The van der Waals surface area contributed by atoms with Gasteiger partial charge in [0.25, 0.3) is 0 Å². The van der Waals surface area contributed by atoms with Gasteiger partial charge in [0.1, 0.15) is 5.78 Å². The molecular weight excluding hydrogens is 198 g/mol. The SMILES string of the molecule is CC(C)(C)C(=O)C1CCCN(C(C)(C)C)C1. The molecule has 0 amide bonds. The number of hydrogen-bond acceptors (Lipinski definition) is 2. The van der Waals surface area contributed by atoms with Gasteiger partial charge < -0.3 is 0 Å². The minimum atomic E-state index is -0.189. The Morgan fingerprint density at radius 3 is 2.12 bits per heavy atom. The van der Waals surface area contributed by atoms with E-state index in [1.54, 1.807) is 0 Å². The molecule has 0 N–H and O–H groups in total. The van der Waals surface area contributed by atoms with Crippen molar-refractivity contribution in [3.05, 3.63) is 0 Å². The summed E-state index contributed by atoms with van der Waals surface area (Å²) >= 11 is 0. The molecule has 0 bridgehead atoms. The summed E-state index contributed by atoms with van der Waals surface area (Å²) in [7, 11) is 0. The van der Waals surface area contributed by atoms with Gasteiger partial charge in [-0.25, -0.2) is 0 Å². The van der Waals surface area contributed by atoms with Gasteiger partial charge in [-0.2, -0.15) is 0 Å². The number of likely N-dealkylation sites (tertiary alicyclic amines) is 1. The molecule has 16 heavy (non-hydrogen) atoms. The lowest BCUT2D eigenvalue weighted by atomic mass is 9.79. The first-order valence-electron chi connectivity index (χ1n) is 6.42. The molecule has 0 aromatic carbocycles. The Hall–Kier alpha value is -0.370. The van der Waals surface area contributed by atoms with Crippen LogP contribution < -0.4 is 0 Å².